The molecule has 3 aromatic rings. The maximum atomic E-state index is 13.5. The number of amides is 2. The number of nitrogens with one attached hydrogen (secondary N) is 3. The van der Waals surface area contributed by atoms with E-state index >= 15 is 0 Å². The summed E-state index contributed by atoms with van der Waals surface area (Å²) >= 11 is 6.06. The van der Waals surface area contributed by atoms with Gasteiger partial charge in [0.25, 0.3) is 5.91 Å². The van der Waals surface area contributed by atoms with Crippen LogP contribution in [0.2, 0.25) is 5.02 Å². The van der Waals surface area contributed by atoms with E-state index in [1.54, 1.807) is 18.2 Å². The molecule has 0 spiro atoms. The van der Waals surface area contributed by atoms with Crippen molar-refractivity contribution in [2.24, 2.45) is 0 Å². The molecule has 1 unspecified atom stereocenters. The molecule has 35 heavy (non-hydrogen) atoms. The lowest BCUT2D eigenvalue weighted by molar-refractivity contribution is -0.122. The summed E-state index contributed by atoms with van der Waals surface area (Å²) in [5.74, 6) is -0.347. The molecule has 4 rings (SSSR count). The summed E-state index contributed by atoms with van der Waals surface area (Å²) in [6.45, 7) is 2.45. The Morgan fingerprint density at radius 2 is 1.60 bits per heavy atom. The summed E-state index contributed by atoms with van der Waals surface area (Å²) in [6.07, 6.45) is 5.43. The van der Waals surface area contributed by atoms with Gasteiger partial charge >= 0.3 is 0 Å². The van der Waals surface area contributed by atoms with Crippen molar-refractivity contribution in [2.45, 2.75) is 57.7 Å². The number of benzene rings is 3. The summed E-state index contributed by atoms with van der Waals surface area (Å²) in [4.78, 5) is 26.8. The van der Waals surface area contributed by atoms with Crippen molar-refractivity contribution in [3.05, 3.63) is 100 Å². The van der Waals surface area contributed by atoms with Gasteiger partial charge in [-0.25, -0.2) is 0 Å². The van der Waals surface area contributed by atoms with Gasteiger partial charge in [-0.15, -0.1) is 0 Å². The van der Waals surface area contributed by atoms with E-state index in [9.17, 15) is 9.59 Å². The van der Waals surface area contributed by atoms with Gasteiger partial charge in [0.15, 0.2) is 0 Å². The third kappa shape index (κ3) is 6.86. The summed E-state index contributed by atoms with van der Waals surface area (Å²) < 4.78 is 0. The molecule has 1 aliphatic carbocycles. The van der Waals surface area contributed by atoms with E-state index in [1.165, 1.54) is 12.0 Å². The zero-order valence-corrected chi connectivity index (χ0v) is 20.8. The zero-order valence-electron chi connectivity index (χ0n) is 20.0. The molecule has 182 valence electrons. The standard InChI is InChI=1S/C29H32ClN3O2/c1-20-11-13-21(14-12-20)19-31-28(34)26-10-6-5-9-25(26)27(32-24-17-15-22(30)16-18-24)29(35)33-23-7-3-2-4-8-23/h5-6,9-18,23,27,32H,2-4,7-8,19H2,1H3,(H,31,34)(H,33,35). The normalized spacial score (nSPS) is 14.7. The number of hydrogen-bond acceptors (Lipinski definition) is 3. The maximum absolute atomic E-state index is 13.5. The van der Waals surface area contributed by atoms with Gasteiger partial charge in [0.2, 0.25) is 5.91 Å². The van der Waals surface area contributed by atoms with Crippen LogP contribution in [0.1, 0.15) is 65.2 Å². The zero-order chi connectivity index (χ0) is 24.6. The molecule has 6 heteroatoms. The predicted molar refractivity (Wildman–Crippen MR) is 142 cm³/mol. The topological polar surface area (TPSA) is 70.2 Å². The van der Waals surface area contributed by atoms with E-state index in [2.05, 4.69) is 16.0 Å². The lowest BCUT2D eigenvalue weighted by atomic mass is 9.94. The Hall–Kier alpha value is -3.31. The molecular formula is C29H32ClN3O2. The molecule has 3 N–H and O–H groups in total. The third-order valence-electron chi connectivity index (χ3n) is 6.46. The Bertz CT molecular complexity index is 1140. The van der Waals surface area contributed by atoms with Gasteiger partial charge in [-0.2, -0.15) is 0 Å². The van der Waals surface area contributed by atoms with Crippen LogP contribution in [0.3, 0.4) is 0 Å². The van der Waals surface area contributed by atoms with Crippen LogP contribution in [0.25, 0.3) is 0 Å². The first kappa shape index (κ1) is 24.8. The largest absolute Gasteiger partial charge is 0.370 e. The molecule has 1 fully saturated rings. The van der Waals surface area contributed by atoms with Crippen LogP contribution in [-0.2, 0) is 11.3 Å². The first-order valence-corrected chi connectivity index (χ1v) is 12.6. The van der Waals surface area contributed by atoms with Crippen LogP contribution in [0.4, 0.5) is 5.69 Å². The van der Waals surface area contributed by atoms with Crippen molar-refractivity contribution in [1.29, 1.82) is 0 Å². The number of carbonyl (C=O) groups excluding carboxylic acids is 2. The number of anilines is 1. The van der Waals surface area contributed by atoms with Crippen LogP contribution < -0.4 is 16.0 Å². The molecule has 0 aliphatic heterocycles. The van der Waals surface area contributed by atoms with Crippen molar-refractivity contribution in [3.63, 3.8) is 0 Å². The number of rotatable bonds is 8. The Balaban J connectivity index is 1.57. The van der Waals surface area contributed by atoms with Gasteiger partial charge in [0.05, 0.1) is 0 Å². The highest BCUT2D eigenvalue weighted by Crippen LogP contribution is 2.26. The van der Waals surface area contributed by atoms with Crippen LogP contribution in [0.5, 0.6) is 0 Å². The average Bonchev–Trinajstić information content (AvgIpc) is 2.88. The lowest BCUT2D eigenvalue weighted by Gasteiger charge is -2.27. The number of hydrogen-bond donors (Lipinski definition) is 3. The summed E-state index contributed by atoms with van der Waals surface area (Å²) in [5, 5.41) is 10.2. The molecule has 5 nitrogen and oxygen atoms in total. The first-order valence-electron chi connectivity index (χ1n) is 12.2. The summed E-state index contributed by atoms with van der Waals surface area (Å²) in [5.41, 5.74) is 4.06. The van der Waals surface area contributed by atoms with Crippen molar-refractivity contribution in [2.75, 3.05) is 5.32 Å². The molecule has 2 amide bonds. The average molecular weight is 490 g/mol. The van der Waals surface area contributed by atoms with Gasteiger partial charge in [-0.1, -0.05) is 78.9 Å². The highest BCUT2D eigenvalue weighted by atomic mass is 35.5. The van der Waals surface area contributed by atoms with E-state index in [1.807, 2.05) is 61.5 Å². The molecule has 0 radical (unpaired) electrons. The molecule has 1 atom stereocenters. The fraction of sp³-hybridized carbons (Fsp3) is 0.310. The number of halogens is 1. The van der Waals surface area contributed by atoms with Gasteiger partial charge in [-0.3, -0.25) is 9.59 Å². The SMILES string of the molecule is Cc1ccc(CNC(=O)c2ccccc2C(Nc2ccc(Cl)cc2)C(=O)NC2CCCCC2)cc1. The van der Waals surface area contributed by atoms with Crippen molar-refractivity contribution in [3.8, 4) is 0 Å². The molecule has 0 aromatic heterocycles. The Kier molecular flexibility index (Phi) is 8.43. The smallest absolute Gasteiger partial charge is 0.251 e. The van der Waals surface area contributed by atoms with E-state index < -0.39 is 6.04 Å². The Morgan fingerprint density at radius 3 is 2.31 bits per heavy atom. The highest BCUT2D eigenvalue weighted by Gasteiger charge is 2.27. The van der Waals surface area contributed by atoms with Crippen molar-refractivity contribution < 1.29 is 9.59 Å². The Labute approximate surface area is 212 Å². The quantitative estimate of drug-likeness (QED) is 0.354. The third-order valence-corrected chi connectivity index (χ3v) is 6.71. The van der Waals surface area contributed by atoms with Crippen LogP contribution in [0.15, 0.2) is 72.8 Å². The monoisotopic (exact) mass is 489 g/mol. The van der Waals surface area contributed by atoms with Crippen LogP contribution in [0, 0.1) is 6.92 Å². The van der Waals surface area contributed by atoms with E-state index in [0.717, 1.165) is 36.9 Å². The number of aryl methyl sites for hydroxylation is 1. The van der Waals surface area contributed by atoms with Gasteiger partial charge in [0.1, 0.15) is 6.04 Å². The minimum atomic E-state index is -0.723. The Morgan fingerprint density at radius 1 is 0.914 bits per heavy atom. The van der Waals surface area contributed by atoms with Gasteiger partial charge in [0, 0.05) is 28.9 Å². The minimum Gasteiger partial charge on any atom is -0.370 e. The van der Waals surface area contributed by atoms with Gasteiger partial charge < -0.3 is 16.0 Å². The van der Waals surface area contributed by atoms with Crippen LogP contribution >= 0.6 is 11.6 Å². The lowest BCUT2D eigenvalue weighted by Crippen LogP contribution is -2.42. The minimum absolute atomic E-state index is 0.134. The molecule has 0 bridgehead atoms. The second kappa shape index (κ2) is 11.9. The molecule has 3 aromatic carbocycles. The van der Waals surface area contributed by atoms with E-state index in [4.69, 9.17) is 11.6 Å². The van der Waals surface area contributed by atoms with E-state index in [0.29, 0.717) is 22.7 Å². The van der Waals surface area contributed by atoms with Crippen molar-refractivity contribution in [1.82, 2.24) is 10.6 Å². The molecule has 1 aliphatic rings. The summed E-state index contributed by atoms with van der Waals surface area (Å²) in [7, 11) is 0. The van der Waals surface area contributed by atoms with Crippen LogP contribution in [-0.4, -0.2) is 17.9 Å². The molecule has 0 heterocycles. The molecule has 1 saturated carbocycles. The first-order chi connectivity index (χ1) is 17.0. The second-order valence-electron chi connectivity index (χ2n) is 9.18. The van der Waals surface area contributed by atoms with Gasteiger partial charge in [-0.05, 0) is 61.2 Å². The van der Waals surface area contributed by atoms with Crippen molar-refractivity contribution >= 4 is 29.1 Å². The fourth-order valence-corrected chi connectivity index (χ4v) is 4.59. The second-order valence-corrected chi connectivity index (χ2v) is 9.62. The predicted octanol–water partition coefficient (Wildman–Crippen LogP) is 6.18. The molecule has 0 saturated heterocycles. The fourth-order valence-electron chi connectivity index (χ4n) is 4.47. The summed E-state index contributed by atoms with van der Waals surface area (Å²) in [6, 6.07) is 22.0. The highest BCUT2D eigenvalue weighted by molar-refractivity contribution is 6.30. The number of carbonyl (C=O) groups is 2. The molecular weight excluding hydrogens is 458 g/mol. The van der Waals surface area contributed by atoms with E-state index in [-0.39, 0.29) is 17.9 Å². The maximum Gasteiger partial charge on any atom is 0.251 e.